The van der Waals surface area contributed by atoms with E-state index >= 15 is 0 Å². The lowest BCUT2D eigenvalue weighted by Gasteiger charge is -2.20. The van der Waals surface area contributed by atoms with E-state index in [2.05, 4.69) is 4.72 Å². The minimum Gasteiger partial charge on any atom is -0.459 e. The first-order chi connectivity index (χ1) is 8.77. The van der Waals surface area contributed by atoms with E-state index in [1.807, 2.05) is 27.7 Å². The highest BCUT2D eigenvalue weighted by Crippen LogP contribution is 2.25. The third-order valence-electron chi connectivity index (χ3n) is 2.76. The first-order valence-corrected chi connectivity index (χ1v) is 7.29. The lowest BCUT2D eigenvalue weighted by molar-refractivity contribution is 0.492. The number of fused-ring (bicyclic) bond motifs is 1. The molecule has 0 fully saturated rings. The van der Waals surface area contributed by atoms with E-state index in [1.54, 1.807) is 12.1 Å². The van der Waals surface area contributed by atoms with Crippen LogP contribution in [0.3, 0.4) is 0 Å². The van der Waals surface area contributed by atoms with Crippen molar-refractivity contribution in [2.45, 2.75) is 38.5 Å². The average Bonchev–Trinajstić information content (AvgIpc) is 2.70. The topological polar surface area (TPSA) is 42.2 Å². The van der Waals surface area contributed by atoms with Crippen molar-refractivity contribution in [3.8, 4) is 0 Å². The van der Waals surface area contributed by atoms with Crippen LogP contribution in [0.5, 0.6) is 0 Å². The van der Waals surface area contributed by atoms with Gasteiger partial charge >= 0.3 is 0 Å². The summed E-state index contributed by atoms with van der Waals surface area (Å²) in [5, 5.41) is 0.713. The van der Waals surface area contributed by atoms with Crippen LogP contribution in [0.2, 0.25) is 0 Å². The molecule has 0 saturated heterocycles. The molecule has 2 rings (SSSR count). The molecule has 1 aromatic heterocycles. The largest absolute Gasteiger partial charge is 0.459 e. The van der Waals surface area contributed by atoms with Gasteiger partial charge in [-0.3, -0.25) is 0 Å². The van der Waals surface area contributed by atoms with Crippen LogP contribution in [0.15, 0.2) is 28.7 Å². The summed E-state index contributed by atoms with van der Waals surface area (Å²) in [4.78, 5) is 0. The second-order valence-electron chi connectivity index (χ2n) is 5.55. The molecule has 5 heteroatoms. The fourth-order valence-corrected chi connectivity index (χ4v) is 2.43. The highest BCUT2D eigenvalue weighted by atomic mass is 32.2. The molecule has 2 aromatic rings. The number of rotatable bonds is 3. The van der Waals surface area contributed by atoms with Crippen molar-refractivity contribution in [3.05, 3.63) is 35.8 Å². The number of halogens is 1. The van der Waals surface area contributed by atoms with E-state index in [1.165, 1.54) is 12.1 Å². The smallest absolute Gasteiger partial charge is 0.134 e. The molecule has 0 radical (unpaired) electrons. The number of furan rings is 1. The number of hydrogen-bond donors (Lipinski definition) is 1. The van der Waals surface area contributed by atoms with Crippen molar-refractivity contribution in [3.63, 3.8) is 0 Å². The van der Waals surface area contributed by atoms with Gasteiger partial charge < -0.3 is 4.42 Å². The van der Waals surface area contributed by atoms with Crippen LogP contribution in [0.4, 0.5) is 4.39 Å². The van der Waals surface area contributed by atoms with E-state index in [9.17, 15) is 8.60 Å². The molecule has 3 nitrogen and oxygen atoms in total. The zero-order valence-electron chi connectivity index (χ0n) is 11.5. The summed E-state index contributed by atoms with van der Waals surface area (Å²) in [7, 11) is -1.18. The number of hydrogen-bond acceptors (Lipinski definition) is 2. The maximum atomic E-state index is 13.1. The molecule has 0 aliphatic rings. The molecule has 1 heterocycles. The quantitative estimate of drug-likeness (QED) is 0.933. The summed E-state index contributed by atoms with van der Waals surface area (Å²) in [5.41, 5.74) is 0.631. The minimum atomic E-state index is -1.18. The van der Waals surface area contributed by atoms with Gasteiger partial charge in [-0.2, -0.15) is 0 Å². The molecular weight excluding hydrogens is 265 g/mol. The zero-order chi connectivity index (χ0) is 14.2. The molecule has 1 unspecified atom stereocenters. The Balaban J connectivity index is 2.22. The van der Waals surface area contributed by atoms with Crippen molar-refractivity contribution in [2.24, 2.45) is 0 Å². The third kappa shape index (κ3) is 3.22. The van der Waals surface area contributed by atoms with Gasteiger partial charge in [-0.25, -0.2) is 13.3 Å². The second-order valence-corrected chi connectivity index (χ2v) is 7.55. The Morgan fingerprint density at radius 1 is 1.32 bits per heavy atom. The van der Waals surface area contributed by atoms with E-state index < -0.39 is 11.0 Å². The predicted molar refractivity (Wildman–Crippen MR) is 75.6 cm³/mol. The van der Waals surface area contributed by atoms with Crippen molar-refractivity contribution in [2.75, 3.05) is 0 Å². The van der Waals surface area contributed by atoms with Crippen LogP contribution < -0.4 is 4.72 Å². The van der Waals surface area contributed by atoms with E-state index in [4.69, 9.17) is 4.42 Å². The second kappa shape index (κ2) is 5.06. The average molecular weight is 283 g/mol. The summed E-state index contributed by atoms with van der Waals surface area (Å²) in [6, 6.07) is 5.96. The van der Waals surface area contributed by atoms with Crippen LogP contribution in [-0.2, 0) is 11.0 Å². The summed E-state index contributed by atoms with van der Waals surface area (Å²) >= 11 is 0. The molecule has 19 heavy (non-hydrogen) atoms. The van der Waals surface area contributed by atoms with Crippen LogP contribution in [-0.4, -0.2) is 8.96 Å². The monoisotopic (exact) mass is 283 g/mol. The molecular formula is C14H18FNO2S. The Hall–Kier alpha value is -1.20. The Morgan fingerprint density at radius 2 is 2.00 bits per heavy atom. The van der Waals surface area contributed by atoms with E-state index in [-0.39, 0.29) is 16.6 Å². The van der Waals surface area contributed by atoms with Gasteiger partial charge in [0.15, 0.2) is 0 Å². The normalized spacial score (nSPS) is 15.6. The molecule has 1 N–H and O–H groups in total. The SMILES string of the molecule is C[C@H](NS(=O)C(C)(C)C)c1cc2cc(F)ccc2o1. The molecule has 1 aromatic carbocycles. The lowest BCUT2D eigenvalue weighted by atomic mass is 10.2. The van der Waals surface area contributed by atoms with Gasteiger partial charge in [-0.15, -0.1) is 0 Å². The van der Waals surface area contributed by atoms with Gasteiger partial charge in [0.1, 0.15) is 17.2 Å². The van der Waals surface area contributed by atoms with Gasteiger partial charge in [0.2, 0.25) is 0 Å². The van der Waals surface area contributed by atoms with Crippen molar-refractivity contribution in [1.82, 2.24) is 4.72 Å². The summed E-state index contributed by atoms with van der Waals surface area (Å²) < 4.78 is 33.4. The van der Waals surface area contributed by atoms with Gasteiger partial charge in [-0.05, 0) is 52.0 Å². The lowest BCUT2D eigenvalue weighted by Crippen LogP contribution is -2.34. The Morgan fingerprint density at radius 3 is 2.63 bits per heavy atom. The molecule has 0 bridgehead atoms. The predicted octanol–water partition coefficient (Wildman–Crippen LogP) is 3.68. The molecule has 2 atom stereocenters. The molecule has 0 spiro atoms. The van der Waals surface area contributed by atoms with Gasteiger partial charge in [0, 0.05) is 5.39 Å². The summed E-state index contributed by atoms with van der Waals surface area (Å²) in [6.07, 6.45) is 0. The van der Waals surface area contributed by atoms with Crippen molar-refractivity contribution in [1.29, 1.82) is 0 Å². The third-order valence-corrected chi connectivity index (χ3v) is 4.44. The Labute approximate surface area is 114 Å². The van der Waals surface area contributed by atoms with Crippen LogP contribution in [0.25, 0.3) is 11.0 Å². The first kappa shape index (κ1) is 14.2. The number of nitrogens with one attached hydrogen (secondary N) is 1. The Bertz CT molecular complexity index is 615. The minimum absolute atomic E-state index is 0.199. The van der Waals surface area contributed by atoms with E-state index in [0.29, 0.717) is 16.7 Å². The summed E-state index contributed by atoms with van der Waals surface area (Å²) in [6.45, 7) is 7.57. The Kier molecular flexibility index (Phi) is 3.78. The van der Waals surface area contributed by atoms with Crippen molar-refractivity contribution >= 4 is 22.0 Å². The summed E-state index contributed by atoms with van der Waals surface area (Å²) in [5.74, 6) is 0.358. The molecule has 0 aliphatic carbocycles. The maximum Gasteiger partial charge on any atom is 0.134 e. The van der Waals surface area contributed by atoms with Crippen LogP contribution in [0.1, 0.15) is 39.5 Å². The highest BCUT2D eigenvalue weighted by molar-refractivity contribution is 7.84. The van der Waals surface area contributed by atoms with Gasteiger partial charge in [-0.1, -0.05) is 0 Å². The fraction of sp³-hybridized carbons (Fsp3) is 0.429. The van der Waals surface area contributed by atoms with Crippen LogP contribution >= 0.6 is 0 Å². The molecule has 0 saturated carbocycles. The molecule has 0 amide bonds. The van der Waals surface area contributed by atoms with E-state index in [0.717, 1.165) is 0 Å². The number of benzene rings is 1. The van der Waals surface area contributed by atoms with Crippen molar-refractivity contribution < 1.29 is 13.0 Å². The zero-order valence-corrected chi connectivity index (χ0v) is 12.3. The van der Waals surface area contributed by atoms with Gasteiger partial charge in [0.25, 0.3) is 0 Å². The highest BCUT2D eigenvalue weighted by Gasteiger charge is 2.23. The van der Waals surface area contributed by atoms with Gasteiger partial charge in [0.05, 0.1) is 21.8 Å². The molecule has 0 aliphatic heterocycles. The molecule has 104 valence electrons. The first-order valence-electron chi connectivity index (χ1n) is 6.14. The maximum absolute atomic E-state index is 13.1. The van der Waals surface area contributed by atoms with Crippen LogP contribution in [0, 0.1) is 5.82 Å². The fourth-order valence-electron chi connectivity index (χ4n) is 1.64. The standard InChI is InChI=1S/C14H18FNO2S/c1-9(16-19(17)14(2,3)4)13-8-10-7-11(15)5-6-12(10)18-13/h5-9,16H,1-4H3/t9-,19?/m0/s1.